The van der Waals surface area contributed by atoms with Gasteiger partial charge in [-0.2, -0.15) is 0 Å². The molecule has 8 aromatic rings. The minimum atomic E-state index is -0.373. The van der Waals surface area contributed by atoms with Crippen LogP contribution in [0.25, 0.3) is 66.5 Å². The van der Waals surface area contributed by atoms with Crippen LogP contribution in [0.15, 0.2) is 183 Å². The maximum absolute atomic E-state index is 5.27. The van der Waals surface area contributed by atoms with Crippen molar-refractivity contribution < 1.29 is 0 Å². The van der Waals surface area contributed by atoms with Gasteiger partial charge in [0.15, 0.2) is 0 Å². The molecule has 0 radical (unpaired) electrons. The van der Waals surface area contributed by atoms with Gasteiger partial charge >= 0.3 is 0 Å². The quantitative estimate of drug-likeness (QED) is 0.135. The second-order valence-corrected chi connectivity index (χ2v) is 13.8. The van der Waals surface area contributed by atoms with E-state index in [4.69, 9.17) is 9.97 Å². The zero-order valence-corrected chi connectivity index (χ0v) is 28.8. The van der Waals surface area contributed by atoms with Crippen LogP contribution in [0.2, 0.25) is 0 Å². The number of hydrogen-bond acceptors (Lipinski definition) is 2. The Morgan fingerprint density at radius 3 is 1.71 bits per heavy atom. The largest absolute Gasteiger partial charge is 0.245 e. The minimum absolute atomic E-state index is 0.373. The van der Waals surface area contributed by atoms with Gasteiger partial charge in [-0.25, -0.2) is 9.97 Å². The number of nitrogens with zero attached hydrogens (tertiary/aromatic N) is 2. The second kappa shape index (κ2) is 11.7. The standard InChI is InChI=1S/C50H34N2/c1-3-13-37(47-29-26-35-23-22-34-25-28-46(33-14-5-4-6-15-33)51-48(34)49(35)52-47)30-32(2)36-24-27-41-40-18-9-12-21-44(40)50(45(41)31-36)42-19-10-7-16-38(42)39-17-8-11-20-43(39)50/h3-31H,1H2,2H3/b32-30+,37-13+. The molecule has 0 amide bonds. The van der Waals surface area contributed by atoms with Gasteiger partial charge in [-0.05, 0) is 86.8 Å². The summed E-state index contributed by atoms with van der Waals surface area (Å²) in [4.78, 5) is 10.4. The van der Waals surface area contributed by atoms with E-state index in [1.807, 2.05) is 24.3 Å². The lowest BCUT2D eigenvalue weighted by atomic mass is 9.70. The molecule has 2 aliphatic rings. The lowest BCUT2D eigenvalue weighted by Crippen LogP contribution is -2.25. The first-order chi connectivity index (χ1) is 25.6. The van der Waals surface area contributed by atoms with Gasteiger partial charge in [0.05, 0.1) is 27.8 Å². The normalized spacial score (nSPS) is 13.9. The number of benzene rings is 6. The molecule has 244 valence electrons. The van der Waals surface area contributed by atoms with Crippen LogP contribution in [-0.2, 0) is 5.41 Å². The summed E-state index contributed by atoms with van der Waals surface area (Å²) in [6.45, 7) is 6.28. The Morgan fingerprint density at radius 1 is 0.538 bits per heavy atom. The molecule has 0 saturated heterocycles. The van der Waals surface area contributed by atoms with Gasteiger partial charge in [0, 0.05) is 21.9 Å². The van der Waals surface area contributed by atoms with Crippen molar-refractivity contribution in [2.75, 3.05) is 0 Å². The van der Waals surface area contributed by atoms with Gasteiger partial charge in [-0.15, -0.1) is 0 Å². The van der Waals surface area contributed by atoms with E-state index in [1.54, 1.807) is 0 Å². The van der Waals surface area contributed by atoms with Crippen LogP contribution < -0.4 is 0 Å². The number of aromatic nitrogens is 2. The highest BCUT2D eigenvalue weighted by Gasteiger charge is 2.51. The number of fused-ring (bicyclic) bond motifs is 13. The monoisotopic (exact) mass is 662 g/mol. The van der Waals surface area contributed by atoms with E-state index >= 15 is 0 Å². The minimum Gasteiger partial charge on any atom is -0.245 e. The van der Waals surface area contributed by atoms with Crippen molar-refractivity contribution in [2.45, 2.75) is 12.3 Å². The maximum atomic E-state index is 5.27. The molecule has 10 rings (SSSR count). The highest BCUT2D eigenvalue weighted by molar-refractivity contribution is 6.04. The molecule has 0 aliphatic heterocycles. The zero-order valence-electron chi connectivity index (χ0n) is 28.8. The highest BCUT2D eigenvalue weighted by atomic mass is 14.8. The van der Waals surface area contributed by atoms with E-state index in [0.717, 1.165) is 49.9 Å². The number of rotatable bonds is 5. The molecule has 2 nitrogen and oxygen atoms in total. The van der Waals surface area contributed by atoms with Crippen LogP contribution in [0, 0.1) is 0 Å². The third-order valence-corrected chi connectivity index (χ3v) is 11.0. The van der Waals surface area contributed by atoms with Crippen molar-refractivity contribution in [3.63, 3.8) is 0 Å². The van der Waals surface area contributed by atoms with E-state index in [2.05, 4.69) is 165 Å². The number of allylic oxidation sites excluding steroid dienone is 5. The first-order valence-corrected chi connectivity index (χ1v) is 17.9. The molecular weight excluding hydrogens is 629 g/mol. The molecule has 6 aromatic carbocycles. The Hall–Kier alpha value is -6.64. The van der Waals surface area contributed by atoms with Crippen LogP contribution in [0.5, 0.6) is 0 Å². The van der Waals surface area contributed by atoms with Gasteiger partial charge in [0.25, 0.3) is 0 Å². The number of pyridine rings is 2. The summed E-state index contributed by atoms with van der Waals surface area (Å²) >= 11 is 0. The fraction of sp³-hybridized carbons (Fsp3) is 0.0400. The summed E-state index contributed by atoms with van der Waals surface area (Å²) in [5.74, 6) is 0. The Balaban J connectivity index is 1.11. The third-order valence-electron chi connectivity index (χ3n) is 11.0. The lowest BCUT2D eigenvalue weighted by molar-refractivity contribution is 0.793. The summed E-state index contributed by atoms with van der Waals surface area (Å²) in [5.41, 5.74) is 18.3. The molecule has 0 bridgehead atoms. The predicted octanol–water partition coefficient (Wildman–Crippen LogP) is 12.5. The molecule has 0 fully saturated rings. The van der Waals surface area contributed by atoms with Crippen LogP contribution in [0.3, 0.4) is 0 Å². The van der Waals surface area contributed by atoms with Crippen LogP contribution in [0.4, 0.5) is 0 Å². The molecule has 1 spiro atoms. The van der Waals surface area contributed by atoms with Crippen molar-refractivity contribution in [3.05, 3.63) is 216 Å². The fourth-order valence-corrected chi connectivity index (χ4v) is 8.69. The zero-order chi connectivity index (χ0) is 34.8. The molecule has 2 aromatic heterocycles. The van der Waals surface area contributed by atoms with Gasteiger partial charge < -0.3 is 0 Å². The average Bonchev–Trinajstić information content (AvgIpc) is 3.67. The van der Waals surface area contributed by atoms with Crippen LogP contribution in [-0.4, -0.2) is 9.97 Å². The van der Waals surface area contributed by atoms with Crippen molar-refractivity contribution in [1.82, 2.24) is 9.97 Å². The van der Waals surface area contributed by atoms with E-state index in [0.29, 0.717) is 0 Å². The summed E-state index contributed by atoms with van der Waals surface area (Å²) in [5, 5.41) is 2.13. The molecule has 2 aliphatic carbocycles. The van der Waals surface area contributed by atoms with E-state index < -0.39 is 0 Å². The first kappa shape index (κ1) is 30.2. The second-order valence-electron chi connectivity index (χ2n) is 13.8. The first-order valence-electron chi connectivity index (χ1n) is 17.9. The average molecular weight is 663 g/mol. The smallest absolute Gasteiger partial charge is 0.0972 e. The summed E-state index contributed by atoms with van der Waals surface area (Å²) in [6.07, 6.45) is 6.15. The van der Waals surface area contributed by atoms with Crippen LogP contribution >= 0.6 is 0 Å². The molecular formula is C50H34N2. The van der Waals surface area contributed by atoms with Crippen molar-refractivity contribution in [1.29, 1.82) is 0 Å². The third kappa shape index (κ3) is 4.37. The topological polar surface area (TPSA) is 25.8 Å². The van der Waals surface area contributed by atoms with Gasteiger partial charge in [-0.1, -0.05) is 158 Å². The Morgan fingerprint density at radius 2 is 1.08 bits per heavy atom. The van der Waals surface area contributed by atoms with E-state index in [1.165, 1.54) is 50.1 Å². The predicted molar refractivity (Wildman–Crippen MR) is 217 cm³/mol. The van der Waals surface area contributed by atoms with Crippen LogP contribution in [0.1, 0.15) is 40.4 Å². The Labute approximate surface area is 303 Å². The van der Waals surface area contributed by atoms with E-state index in [9.17, 15) is 0 Å². The van der Waals surface area contributed by atoms with E-state index in [-0.39, 0.29) is 5.41 Å². The molecule has 52 heavy (non-hydrogen) atoms. The van der Waals surface area contributed by atoms with Crippen molar-refractivity contribution in [3.8, 4) is 33.5 Å². The molecule has 0 unspecified atom stereocenters. The molecule has 0 N–H and O–H groups in total. The summed E-state index contributed by atoms with van der Waals surface area (Å²) < 4.78 is 0. The maximum Gasteiger partial charge on any atom is 0.0972 e. The molecule has 0 saturated carbocycles. The Kier molecular flexibility index (Phi) is 6.81. The van der Waals surface area contributed by atoms with Crippen molar-refractivity contribution in [2.24, 2.45) is 0 Å². The fourth-order valence-electron chi connectivity index (χ4n) is 8.69. The SMILES string of the molecule is C=C/C=C(\C=C(/C)c1ccc2c(c1)C1(c3ccccc3-c3ccccc31)c1ccccc1-2)c1ccc2ccc3ccc(-c4ccccc4)nc3c2n1. The van der Waals surface area contributed by atoms with Gasteiger partial charge in [0.2, 0.25) is 0 Å². The van der Waals surface area contributed by atoms with Gasteiger partial charge in [0.1, 0.15) is 0 Å². The molecule has 2 heteroatoms. The lowest BCUT2D eigenvalue weighted by Gasteiger charge is -2.30. The highest BCUT2D eigenvalue weighted by Crippen LogP contribution is 2.62. The van der Waals surface area contributed by atoms with Gasteiger partial charge in [-0.3, -0.25) is 0 Å². The Bertz CT molecular complexity index is 2760. The van der Waals surface area contributed by atoms with Crippen molar-refractivity contribution >= 4 is 33.0 Å². The summed E-state index contributed by atoms with van der Waals surface area (Å²) in [7, 11) is 0. The molecule has 0 atom stereocenters. The summed E-state index contributed by atoms with van der Waals surface area (Å²) in [6, 6.07) is 57.0. The molecule has 2 heterocycles. The number of hydrogen-bond donors (Lipinski definition) is 0.